The van der Waals surface area contributed by atoms with E-state index in [1.165, 1.54) is 12.1 Å². The first-order chi connectivity index (χ1) is 16.3. The zero-order valence-electron chi connectivity index (χ0n) is 18.4. The number of hydrogen-bond donors (Lipinski definition) is 2. The van der Waals surface area contributed by atoms with Crippen LogP contribution in [0.25, 0.3) is 10.9 Å². The Hall–Kier alpha value is -2.85. The minimum atomic E-state index is -4.56. The Labute approximate surface area is 211 Å². The SMILES string of the molecule is O=C(NC1CCC(Nc2cc(C(F)(F)F)nc3ccc(Cl)cc23)CC1)c1cccc2c1OCO2.S. The van der Waals surface area contributed by atoms with Gasteiger partial charge in [0.05, 0.1) is 11.1 Å². The Balaban J connectivity index is 0.00000289. The second-order valence-corrected chi connectivity index (χ2v) is 8.86. The lowest BCUT2D eigenvalue weighted by Gasteiger charge is -2.31. The normalized spacial score (nSPS) is 19.2. The highest BCUT2D eigenvalue weighted by Gasteiger charge is 2.34. The monoisotopic (exact) mass is 525 g/mol. The van der Waals surface area contributed by atoms with Gasteiger partial charge >= 0.3 is 6.18 Å². The van der Waals surface area contributed by atoms with Crippen LogP contribution in [0.4, 0.5) is 18.9 Å². The molecule has 2 aliphatic rings. The lowest BCUT2D eigenvalue weighted by Crippen LogP contribution is -2.40. The fourth-order valence-electron chi connectivity index (χ4n) is 4.44. The van der Waals surface area contributed by atoms with Gasteiger partial charge in [-0.1, -0.05) is 17.7 Å². The van der Waals surface area contributed by atoms with E-state index in [9.17, 15) is 18.0 Å². The summed E-state index contributed by atoms with van der Waals surface area (Å²) in [5, 5.41) is 7.25. The third-order valence-corrected chi connectivity index (χ3v) is 6.36. The number of pyridine rings is 1. The van der Waals surface area contributed by atoms with Crippen LogP contribution in [0.5, 0.6) is 11.5 Å². The number of halogens is 4. The van der Waals surface area contributed by atoms with Crippen LogP contribution in [0, 0.1) is 0 Å². The minimum Gasteiger partial charge on any atom is -0.454 e. The summed E-state index contributed by atoms with van der Waals surface area (Å²) in [6.45, 7) is 0.0847. The first kappa shape index (κ1) is 25.2. The van der Waals surface area contributed by atoms with E-state index in [0.717, 1.165) is 6.07 Å². The van der Waals surface area contributed by atoms with Crippen molar-refractivity contribution in [2.24, 2.45) is 0 Å². The molecule has 5 rings (SSSR count). The molecule has 1 aliphatic carbocycles. The number of carbonyl (C=O) groups excluding carboxylic acids is 1. The number of hydrogen-bond acceptors (Lipinski definition) is 5. The highest BCUT2D eigenvalue weighted by Crippen LogP contribution is 2.37. The van der Waals surface area contributed by atoms with Gasteiger partial charge in [0.2, 0.25) is 6.79 Å². The molecule has 1 fully saturated rings. The Kier molecular flexibility index (Phi) is 7.23. The van der Waals surface area contributed by atoms with E-state index in [2.05, 4.69) is 15.6 Å². The Morgan fingerprint density at radius 1 is 1.03 bits per heavy atom. The summed E-state index contributed by atoms with van der Waals surface area (Å²) in [5.74, 6) is 0.755. The van der Waals surface area contributed by atoms with Crippen molar-refractivity contribution in [3.63, 3.8) is 0 Å². The number of alkyl halides is 3. The van der Waals surface area contributed by atoms with Crippen LogP contribution >= 0.6 is 25.1 Å². The molecule has 0 unspecified atom stereocenters. The van der Waals surface area contributed by atoms with Gasteiger partial charge in [-0.2, -0.15) is 26.7 Å². The summed E-state index contributed by atoms with van der Waals surface area (Å²) >= 11 is 6.08. The molecule has 35 heavy (non-hydrogen) atoms. The van der Waals surface area contributed by atoms with E-state index in [1.807, 2.05) is 0 Å². The van der Waals surface area contributed by atoms with Crippen LogP contribution in [0.3, 0.4) is 0 Å². The van der Waals surface area contributed by atoms with Gasteiger partial charge in [0, 0.05) is 28.2 Å². The molecule has 0 spiro atoms. The second-order valence-electron chi connectivity index (χ2n) is 8.42. The summed E-state index contributed by atoms with van der Waals surface area (Å²) in [4.78, 5) is 16.5. The predicted octanol–water partition coefficient (Wildman–Crippen LogP) is 5.90. The van der Waals surface area contributed by atoms with Crippen molar-refractivity contribution >= 4 is 47.6 Å². The lowest BCUT2D eigenvalue weighted by molar-refractivity contribution is -0.140. The molecular formula is C24H23ClF3N3O3S. The van der Waals surface area contributed by atoms with E-state index >= 15 is 0 Å². The molecule has 0 saturated heterocycles. The number of aromatic nitrogens is 1. The summed E-state index contributed by atoms with van der Waals surface area (Å²) in [6.07, 6.45) is -1.82. The van der Waals surface area contributed by atoms with Gasteiger partial charge in [0.15, 0.2) is 11.5 Å². The minimum absolute atomic E-state index is 0. The molecule has 2 N–H and O–H groups in total. The van der Waals surface area contributed by atoms with Crippen LogP contribution < -0.4 is 20.1 Å². The molecule has 1 saturated carbocycles. The molecule has 2 aromatic carbocycles. The van der Waals surface area contributed by atoms with Crippen molar-refractivity contribution in [1.29, 1.82) is 0 Å². The molecule has 186 valence electrons. The zero-order chi connectivity index (χ0) is 23.9. The van der Waals surface area contributed by atoms with Crippen molar-refractivity contribution < 1.29 is 27.4 Å². The molecule has 11 heteroatoms. The number of anilines is 1. The number of fused-ring (bicyclic) bond motifs is 2. The smallest absolute Gasteiger partial charge is 0.433 e. The van der Waals surface area contributed by atoms with Crippen molar-refractivity contribution in [3.8, 4) is 11.5 Å². The molecule has 1 amide bonds. The summed E-state index contributed by atoms with van der Waals surface area (Å²) < 4.78 is 50.9. The van der Waals surface area contributed by atoms with Crippen molar-refractivity contribution in [1.82, 2.24) is 10.3 Å². The molecule has 2 heterocycles. The van der Waals surface area contributed by atoms with Crippen LogP contribution in [0.1, 0.15) is 41.7 Å². The Morgan fingerprint density at radius 3 is 2.51 bits per heavy atom. The van der Waals surface area contributed by atoms with Gasteiger partial charge in [0.25, 0.3) is 5.91 Å². The fraction of sp³-hybridized carbons (Fsp3) is 0.333. The maximum absolute atomic E-state index is 13.4. The Morgan fingerprint density at radius 2 is 1.77 bits per heavy atom. The number of nitrogens with one attached hydrogen (secondary N) is 2. The molecule has 0 radical (unpaired) electrons. The third kappa shape index (κ3) is 5.38. The molecule has 1 aliphatic heterocycles. The standard InChI is InChI=1S/C24H21ClF3N3O3.H2S/c25-13-4-9-18-17(10-13)19(11-21(31-18)24(26,27)28)29-14-5-7-15(8-6-14)30-23(32)16-2-1-3-20-22(16)34-12-33-20;/h1-4,9-11,14-15H,5-8,12H2,(H,29,31)(H,30,32);1H2. The Bertz CT molecular complexity index is 1250. The number of carbonyl (C=O) groups is 1. The quantitative estimate of drug-likeness (QED) is 0.443. The van der Waals surface area contributed by atoms with Gasteiger partial charge in [-0.25, -0.2) is 4.98 Å². The molecule has 0 atom stereocenters. The highest BCUT2D eigenvalue weighted by atomic mass is 35.5. The molecule has 6 nitrogen and oxygen atoms in total. The van der Waals surface area contributed by atoms with Crippen LogP contribution in [-0.2, 0) is 6.18 Å². The van der Waals surface area contributed by atoms with Crippen molar-refractivity contribution in [2.45, 2.75) is 43.9 Å². The highest BCUT2D eigenvalue weighted by molar-refractivity contribution is 7.59. The van der Waals surface area contributed by atoms with Gasteiger partial charge in [-0.3, -0.25) is 4.79 Å². The maximum Gasteiger partial charge on any atom is 0.433 e. The molecular weight excluding hydrogens is 503 g/mol. The number of nitrogens with zero attached hydrogens (tertiary/aromatic N) is 1. The third-order valence-electron chi connectivity index (χ3n) is 6.12. The summed E-state index contributed by atoms with van der Waals surface area (Å²) in [6, 6.07) is 10.7. The van der Waals surface area contributed by atoms with E-state index in [4.69, 9.17) is 21.1 Å². The molecule has 1 aromatic heterocycles. The average molecular weight is 526 g/mol. The number of para-hydroxylation sites is 1. The zero-order valence-corrected chi connectivity index (χ0v) is 20.2. The van der Waals surface area contributed by atoms with Crippen LogP contribution in [0.15, 0.2) is 42.5 Å². The topological polar surface area (TPSA) is 72.5 Å². The largest absolute Gasteiger partial charge is 0.454 e. The summed E-state index contributed by atoms with van der Waals surface area (Å²) in [5.41, 5.74) is 0.0519. The predicted molar refractivity (Wildman–Crippen MR) is 132 cm³/mol. The fourth-order valence-corrected chi connectivity index (χ4v) is 4.61. The van der Waals surface area contributed by atoms with Crippen molar-refractivity contribution in [2.75, 3.05) is 12.1 Å². The second kappa shape index (κ2) is 10.0. The van der Waals surface area contributed by atoms with Crippen LogP contribution in [-0.4, -0.2) is 29.8 Å². The molecule has 3 aromatic rings. The van der Waals surface area contributed by atoms with E-state index in [0.29, 0.717) is 58.8 Å². The van der Waals surface area contributed by atoms with E-state index in [1.54, 1.807) is 24.3 Å². The van der Waals surface area contributed by atoms with Crippen LogP contribution in [0.2, 0.25) is 5.02 Å². The van der Waals surface area contributed by atoms with Gasteiger partial charge < -0.3 is 20.1 Å². The van der Waals surface area contributed by atoms with E-state index in [-0.39, 0.29) is 43.8 Å². The molecule has 0 bridgehead atoms. The number of benzene rings is 2. The van der Waals surface area contributed by atoms with Gasteiger partial charge in [-0.05, 0) is 62.1 Å². The maximum atomic E-state index is 13.4. The summed E-state index contributed by atoms with van der Waals surface area (Å²) in [7, 11) is 0. The number of rotatable bonds is 4. The van der Waals surface area contributed by atoms with E-state index < -0.39 is 11.9 Å². The van der Waals surface area contributed by atoms with Gasteiger partial charge in [0.1, 0.15) is 5.69 Å². The van der Waals surface area contributed by atoms with Gasteiger partial charge in [-0.15, -0.1) is 0 Å². The first-order valence-electron chi connectivity index (χ1n) is 10.9. The lowest BCUT2D eigenvalue weighted by atomic mass is 9.90. The first-order valence-corrected chi connectivity index (χ1v) is 11.3. The average Bonchev–Trinajstić information content (AvgIpc) is 3.29. The number of ether oxygens (including phenoxy) is 2. The number of amides is 1. The van der Waals surface area contributed by atoms with Crippen molar-refractivity contribution in [3.05, 3.63) is 58.7 Å².